The molecule has 314 valence electrons. The Bertz CT molecular complexity index is 2210. The van der Waals surface area contributed by atoms with Gasteiger partial charge in [-0.3, -0.25) is 29.5 Å². The van der Waals surface area contributed by atoms with Gasteiger partial charge < -0.3 is 19.5 Å². The number of carbonyl (C=O) groups is 3. The third kappa shape index (κ3) is 8.62. The highest BCUT2D eigenvalue weighted by atomic mass is 19.4. The minimum atomic E-state index is -4.56. The van der Waals surface area contributed by atoms with Crippen molar-refractivity contribution in [2.45, 2.75) is 83.6 Å². The van der Waals surface area contributed by atoms with E-state index in [1.165, 1.54) is 17.0 Å². The first-order chi connectivity index (χ1) is 28.2. The first kappa shape index (κ1) is 41.0. The summed E-state index contributed by atoms with van der Waals surface area (Å²) in [5.41, 5.74) is 3.13. The molecule has 4 aromatic rings. The van der Waals surface area contributed by atoms with E-state index in [1.807, 2.05) is 49.6 Å². The number of imide groups is 1. The molecule has 4 heterocycles. The van der Waals surface area contributed by atoms with Crippen LogP contribution in [0.3, 0.4) is 0 Å². The number of halogens is 3. The van der Waals surface area contributed by atoms with Crippen LogP contribution in [0.2, 0.25) is 0 Å². The van der Waals surface area contributed by atoms with Crippen molar-refractivity contribution in [2.75, 3.05) is 62.6 Å². The molecule has 11 nitrogen and oxygen atoms in total. The Morgan fingerprint density at radius 2 is 1.49 bits per heavy atom. The second-order valence-corrected chi connectivity index (χ2v) is 17.9. The number of rotatable bonds is 9. The van der Waals surface area contributed by atoms with Crippen LogP contribution in [-0.2, 0) is 12.7 Å². The maximum atomic E-state index is 13.4. The van der Waals surface area contributed by atoms with E-state index in [9.17, 15) is 32.7 Å². The summed E-state index contributed by atoms with van der Waals surface area (Å²) in [6, 6.07) is 16.3. The summed E-state index contributed by atoms with van der Waals surface area (Å²) in [4.78, 5) is 53.0. The predicted octanol–water partition coefficient (Wildman–Crippen LogP) is 7.46. The van der Waals surface area contributed by atoms with Crippen LogP contribution in [0.1, 0.15) is 108 Å². The molecule has 14 heteroatoms. The van der Waals surface area contributed by atoms with Crippen LogP contribution in [0.15, 0.2) is 60.7 Å². The van der Waals surface area contributed by atoms with Crippen LogP contribution < -0.4 is 10.2 Å². The van der Waals surface area contributed by atoms with Crippen molar-refractivity contribution < 1.29 is 32.7 Å². The van der Waals surface area contributed by atoms with Crippen molar-refractivity contribution in [1.29, 1.82) is 0 Å². The molecule has 0 bridgehead atoms. The Labute approximate surface area is 343 Å². The molecule has 8 rings (SSSR count). The number of piperazine rings is 1. The van der Waals surface area contributed by atoms with Crippen LogP contribution in [0.25, 0.3) is 11.0 Å². The highest BCUT2D eigenvalue weighted by Gasteiger charge is 2.42. The predicted molar refractivity (Wildman–Crippen MR) is 221 cm³/mol. The topological polar surface area (TPSA) is 114 Å². The third-order valence-electron chi connectivity index (χ3n) is 12.8. The quantitative estimate of drug-likeness (QED) is 0.168. The van der Waals surface area contributed by atoms with E-state index in [2.05, 4.69) is 32.1 Å². The van der Waals surface area contributed by atoms with Gasteiger partial charge in [-0.2, -0.15) is 13.2 Å². The number of aliphatic hydroxyl groups excluding tert-OH is 1. The van der Waals surface area contributed by atoms with Crippen LogP contribution >= 0.6 is 0 Å². The molecule has 0 radical (unpaired) electrons. The molecule has 3 aliphatic heterocycles. The number of hydrogen-bond donors (Lipinski definition) is 2. The van der Waals surface area contributed by atoms with Gasteiger partial charge >= 0.3 is 6.18 Å². The number of carbonyl (C=O) groups excluding carboxylic acids is 3. The standard InChI is InChI=1S/C45H54F3N7O4/c1-44(2,3)55-41(58)36-13-12-35(25-37(36)42(55)59)53-17-15-29(16-18-53)26-51-19-21-52(22-20-51)27-31-9-14-39-38(23-31)49-43(54(39)34-10-7-30(28-56)8-11-34)50-40(57)32-5-4-6-33(24-32)45(46,47)48/h4-6,9,12-14,23-25,29-30,34,56H,7-8,10-11,15-22,26-28H2,1-3H3,(H,49,50,57). The zero-order valence-corrected chi connectivity index (χ0v) is 34.1. The lowest BCUT2D eigenvalue weighted by atomic mass is 9.86. The number of nitrogens with zero attached hydrogens (tertiary/aromatic N) is 6. The molecule has 3 fully saturated rings. The summed E-state index contributed by atoms with van der Waals surface area (Å²) >= 11 is 0. The van der Waals surface area contributed by atoms with E-state index in [4.69, 9.17) is 4.98 Å². The lowest BCUT2D eigenvalue weighted by Gasteiger charge is -2.39. The first-order valence-electron chi connectivity index (χ1n) is 21.0. The van der Waals surface area contributed by atoms with Crippen LogP contribution in [0.5, 0.6) is 0 Å². The molecular weight excluding hydrogens is 760 g/mol. The van der Waals surface area contributed by atoms with Crippen molar-refractivity contribution >= 4 is 40.4 Å². The molecule has 2 saturated heterocycles. The van der Waals surface area contributed by atoms with Gasteiger partial charge in [0.25, 0.3) is 17.7 Å². The van der Waals surface area contributed by atoms with Crippen LogP contribution in [0, 0.1) is 11.8 Å². The van der Waals surface area contributed by atoms with E-state index in [0.29, 0.717) is 23.0 Å². The summed E-state index contributed by atoms with van der Waals surface area (Å²) in [5, 5.41) is 12.6. The molecule has 0 spiro atoms. The lowest BCUT2D eigenvalue weighted by Crippen LogP contribution is -2.48. The average Bonchev–Trinajstić information content (AvgIpc) is 3.70. The van der Waals surface area contributed by atoms with E-state index in [-0.39, 0.29) is 35.9 Å². The van der Waals surface area contributed by atoms with Crippen molar-refractivity contribution in [1.82, 2.24) is 24.3 Å². The van der Waals surface area contributed by atoms with Gasteiger partial charge in [0.15, 0.2) is 0 Å². The number of nitrogens with one attached hydrogen (secondary N) is 1. The number of piperidine rings is 1. The van der Waals surface area contributed by atoms with Gasteiger partial charge in [-0.1, -0.05) is 12.1 Å². The van der Waals surface area contributed by atoms with Crippen molar-refractivity contribution in [3.8, 4) is 0 Å². The molecule has 3 aromatic carbocycles. The zero-order chi connectivity index (χ0) is 41.6. The second kappa shape index (κ2) is 16.3. The number of fused-ring (bicyclic) bond motifs is 2. The molecule has 1 aromatic heterocycles. The van der Waals surface area contributed by atoms with Crippen molar-refractivity contribution in [3.05, 3.63) is 88.5 Å². The van der Waals surface area contributed by atoms with Gasteiger partial charge in [-0.05, 0) is 125 Å². The Morgan fingerprint density at radius 1 is 0.797 bits per heavy atom. The monoisotopic (exact) mass is 813 g/mol. The summed E-state index contributed by atoms with van der Waals surface area (Å²) < 4.78 is 42.3. The van der Waals surface area contributed by atoms with Gasteiger partial charge in [0, 0.05) is 81.8 Å². The first-order valence-corrected chi connectivity index (χ1v) is 21.0. The number of amides is 3. The molecule has 3 amide bonds. The number of aromatic nitrogens is 2. The summed E-state index contributed by atoms with van der Waals surface area (Å²) in [6.45, 7) is 13.2. The van der Waals surface area contributed by atoms with Gasteiger partial charge in [0.05, 0.1) is 27.7 Å². The van der Waals surface area contributed by atoms with Gasteiger partial charge in [0.1, 0.15) is 0 Å². The Balaban J connectivity index is 0.872. The number of imidazole rings is 1. The fourth-order valence-electron chi connectivity index (χ4n) is 9.46. The van der Waals surface area contributed by atoms with E-state index in [0.717, 1.165) is 125 Å². The number of anilines is 2. The maximum Gasteiger partial charge on any atom is 0.416 e. The lowest BCUT2D eigenvalue weighted by molar-refractivity contribution is -0.137. The molecule has 2 N–H and O–H groups in total. The Kier molecular flexibility index (Phi) is 11.3. The summed E-state index contributed by atoms with van der Waals surface area (Å²) in [7, 11) is 0. The molecule has 1 aliphatic carbocycles. The van der Waals surface area contributed by atoms with Crippen molar-refractivity contribution in [3.63, 3.8) is 0 Å². The van der Waals surface area contributed by atoms with Gasteiger partial charge in [0.2, 0.25) is 5.95 Å². The zero-order valence-electron chi connectivity index (χ0n) is 34.1. The minimum Gasteiger partial charge on any atom is -0.396 e. The number of benzene rings is 3. The largest absolute Gasteiger partial charge is 0.416 e. The fourth-order valence-corrected chi connectivity index (χ4v) is 9.46. The van der Waals surface area contributed by atoms with E-state index in [1.54, 1.807) is 0 Å². The second-order valence-electron chi connectivity index (χ2n) is 17.9. The van der Waals surface area contributed by atoms with E-state index >= 15 is 0 Å². The fraction of sp³-hybridized carbons (Fsp3) is 0.511. The minimum absolute atomic E-state index is 0.0299. The molecule has 0 atom stereocenters. The average molecular weight is 814 g/mol. The smallest absolute Gasteiger partial charge is 0.396 e. The number of alkyl halides is 3. The Morgan fingerprint density at radius 3 is 2.17 bits per heavy atom. The molecule has 4 aliphatic rings. The molecular formula is C45H54F3N7O4. The van der Waals surface area contributed by atoms with Crippen LogP contribution in [-0.4, -0.2) is 105 Å². The third-order valence-corrected chi connectivity index (χ3v) is 12.8. The summed E-state index contributed by atoms with van der Waals surface area (Å²) in [5.74, 6) is 0.0524. The molecule has 0 unspecified atom stereocenters. The van der Waals surface area contributed by atoms with Gasteiger partial charge in [-0.25, -0.2) is 4.98 Å². The molecule has 59 heavy (non-hydrogen) atoms. The normalized spacial score (nSPS) is 21.4. The van der Waals surface area contributed by atoms with Crippen molar-refractivity contribution in [2.24, 2.45) is 11.8 Å². The Hall–Kier alpha value is -4.79. The highest BCUT2D eigenvalue weighted by Crippen LogP contribution is 2.38. The van der Waals surface area contributed by atoms with Gasteiger partial charge in [-0.15, -0.1) is 0 Å². The van der Waals surface area contributed by atoms with Crippen LogP contribution in [0.4, 0.5) is 24.8 Å². The SMILES string of the molecule is CC(C)(C)N1C(=O)c2ccc(N3CCC(CN4CCN(Cc5ccc6c(c5)nc(NC(=O)c5cccc(C(F)(F)F)c5)n6C5CCC(CO)CC5)CC4)CC3)cc2C1=O. The maximum absolute atomic E-state index is 13.4. The van der Waals surface area contributed by atoms with E-state index < -0.39 is 23.2 Å². The summed E-state index contributed by atoms with van der Waals surface area (Å²) in [6.07, 6.45) is 0.837. The molecule has 1 saturated carbocycles. The number of hydrogen-bond acceptors (Lipinski definition) is 8. The highest BCUT2D eigenvalue weighted by molar-refractivity contribution is 6.22. The number of aliphatic hydroxyl groups is 1.